The molecule has 1 rings (SSSR count). The zero-order chi connectivity index (χ0) is 13.7. The molecule has 2 atom stereocenters. The summed E-state index contributed by atoms with van der Waals surface area (Å²) < 4.78 is 0. The van der Waals surface area contributed by atoms with E-state index in [9.17, 15) is 4.79 Å². The topological polar surface area (TPSA) is 55.1 Å². The molecule has 0 aliphatic rings. The summed E-state index contributed by atoms with van der Waals surface area (Å²) in [6, 6.07) is 5.75. The van der Waals surface area contributed by atoms with Crippen molar-refractivity contribution in [1.29, 1.82) is 0 Å². The second-order valence-corrected chi connectivity index (χ2v) is 4.91. The number of carbonyl (C=O) groups excluding carboxylic acids is 1. The number of amides is 1. The van der Waals surface area contributed by atoms with Crippen LogP contribution in [0.4, 0.5) is 0 Å². The lowest BCUT2D eigenvalue weighted by Crippen LogP contribution is -2.41. The van der Waals surface area contributed by atoms with E-state index in [1.165, 1.54) is 11.1 Å². The summed E-state index contributed by atoms with van der Waals surface area (Å²) in [5, 5.41) is 2.98. The largest absolute Gasteiger partial charge is 0.348 e. The molecule has 0 radical (unpaired) electrons. The van der Waals surface area contributed by atoms with Crippen molar-refractivity contribution in [3.05, 3.63) is 34.9 Å². The van der Waals surface area contributed by atoms with Gasteiger partial charge in [-0.3, -0.25) is 4.79 Å². The number of rotatable bonds is 5. The van der Waals surface area contributed by atoms with Gasteiger partial charge in [0.1, 0.15) is 0 Å². The maximum atomic E-state index is 11.9. The summed E-state index contributed by atoms with van der Waals surface area (Å²) >= 11 is 0. The van der Waals surface area contributed by atoms with Crippen LogP contribution in [-0.4, -0.2) is 11.9 Å². The minimum Gasteiger partial charge on any atom is -0.348 e. The third-order valence-electron chi connectivity index (χ3n) is 3.41. The normalized spacial score (nSPS) is 13.3. The van der Waals surface area contributed by atoms with E-state index < -0.39 is 6.04 Å². The second kappa shape index (κ2) is 8.18. The molecule has 0 saturated heterocycles. The first-order valence-electron chi connectivity index (χ1n) is 6.59. The number of benzene rings is 1. The molecule has 0 bridgehead atoms. The number of nitrogens with one attached hydrogen (secondary N) is 1. The zero-order valence-corrected chi connectivity index (χ0v) is 13.0. The fourth-order valence-electron chi connectivity index (χ4n) is 2.08. The highest BCUT2D eigenvalue weighted by Crippen LogP contribution is 2.20. The van der Waals surface area contributed by atoms with Crippen LogP contribution in [0.2, 0.25) is 0 Å². The van der Waals surface area contributed by atoms with Gasteiger partial charge in [-0.2, -0.15) is 0 Å². The SMILES string of the molecule is CCCC(N)C(=O)NC(C)c1cccc(C)c1C.Cl. The molecule has 4 heteroatoms. The first kappa shape index (κ1) is 17.9. The van der Waals surface area contributed by atoms with Gasteiger partial charge < -0.3 is 11.1 Å². The quantitative estimate of drug-likeness (QED) is 0.873. The molecule has 3 nitrogen and oxygen atoms in total. The highest BCUT2D eigenvalue weighted by Gasteiger charge is 2.17. The lowest BCUT2D eigenvalue weighted by atomic mass is 9.98. The van der Waals surface area contributed by atoms with Gasteiger partial charge in [-0.1, -0.05) is 31.5 Å². The molecular formula is C15H25ClN2O. The molecule has 0 fully saturated rings. The van der Waals surface area contributed by atoms with Gasteiger partial charge in [-0.15, -0.1) is 12.4 Å². The summed E-state index contributed by atoms with van der Waals surface area (Å²) in [4.78, 5) is 11.9. The van der Waals surface area contributed by atoms with Gasteiger partial charge >= 0.3 is 0 Å². The number of carbonyl (C=O) groups is 1. The smallest absolute Gasteiger partial charge is 0.237 e. The average Bonchev–Trinajstić information content (AvgIpc) is 2.32. The Labute approximate surface area is 122 Å². The van der Waals surface area contributed by atoms with E-state index in [0.29, 0.717) is 0 Å². The van der Waals surface area contributed by atoms with Crippen LogP contribution >= 0.6 is 12.4 Å². The Morgan fingerprint density at radius 2 is 2.00 bits per heavy atom. The van der Waals surface area contributed by atoms with Gasteiger partial charge in [0.05, 0.1) is 12.1 Å². The molecule has 108 valence electrons. The predicted octanol–water partition coefficient (Wildman–Crippen LogP) is 3.03. The standard InChI is InChI=1S/C15H24N2O.ClH/c1-5-7-14(16)15(18)17-12(4)13-9-6-8-10(2)11(13)3;/h6,8-9,12,14H,5,7,16H2,1-4H3,(H,17,18);1H. The van der Waals surface area contributed by atoms with Gasteiger partial charge in [0.2, 0.25) is 5.91 Å². The highest BCUT2D eigenvalue weighted by atomic mass is 35.5. The molecule has 1 aromatic rings. The molecule has 1 amide bonds. The lowest BCUT2D eigenvalue weighted by molar-refractivity contribution is -0.123. The van der Waals surface area contributed by atoms with Crippen LogP contribution in [-0.2, 0) is 4.79 Å². The number of hydrogen-bond acceptors (Lipinski definition) is 2. The van der Waals surface area contributed by atoms with Crippen molar-refractivity contribution in [2.75, 3.05) is 0 Å². The van der Waals surface area contributed by atoms with Crippen LogP contribution in [0.5, 0.6) is 0 Å². The third kappa shape index (κ3) is 4.84. The predicted molar refractivity (Wildman–Crippen MR) is 82.6 cm³/mol. The van der Waals surface area contributed by atoms with Gasteiger partial charge in [0.15, 0.2) is 0 Å². The van der Waals surface area contributed by atoms with Crippen molar-refractivity contribution in [1.82, 2.24) is 5.32 Å². The van der Waals surface area contributed by atoms with Crippen LogP contribution in [0.3, 0.4) is 0 Å². The fraction of sp³-hybridized carbons (Fsp3) is 0.533. The van der Waals surface area contributed by atoms with E-state index in [1.54, 1.807) is 0 Å². The molecule has 0 saturated carbocycles. The molecule has 19 heavy (non-hydrogen) atoms. The fourth-order valence-corrected chi connectivity index (χ4v) is 2.08. The molecule has 0 aliphatic heterocycles. The van der Waals surface area contributed by atoms with Crippen molar-refractivity contribution >= 4 is 18.3 Å². The molecule has 1 aromatic carbocycles. The minimum absolute atomic E-state index is 0. The Kier molecular flexibility index (Phi) is 7.72. The molecule has 0 aliphatic carbocycles. The van der Waals surface area contributed by atoms with Crippen LogP contribution < -0.4 is 11.1 Å². The number of halogens is 1. The van der Waals surface area contributed by atoms with Crippen LogP contribution in [0, 0.1) is 13.8 Å². The van der Waals surface area contributed by atoms with Crippen LogP contribution in [0.15, 0.2) is 18.2 Å². The summed E-state index contributed by atoms with van der Waals surface area (Å²) in [5.41, 5.74) is 9.44. The van der Waals surface area contributed by atoms with E-state index >= 15 is 0 Å². The van der Waals surface area contributed by atoms with E-state index in [-0.39, 0.29) is 24.4 Å². The molecule has 0 aromatic heterocycles. The van der Waals surface area contributed by atoms with Gasteiger partial charge in [0.25, 0.3) is 0 Å². The Hall–Kier alpha value is -1.06. The van der Waals surface area contributed by atoms with Crippen LogP contribution in [0.1, 0.15) is 49.4 Å². The van der Waals surface area contributed by atoms with Gasteiger partial charge in [-0.25, -0.2) is 0 Å². The summed E-state index contributed by atoms with van der Waals surface area (Å²) in [7, 11) is 0. The Bertz CT molecular complexity index is 421. The first-order valence-corrected chi connectivity index (χ1v) is 6.59. The monoisotopic (exact) mass is 284 g/mol. The maximum Gasteiger partial charge on any atom is 0.237 e. The minimum atomic E-state index is -0.400. The third-order valence-corrected chi connectivity index (χ3v) is 3.41. The van der Waals surface area contributed by atoms with Crippen molar-refractivity contribution < 1.29 is 4.79 Å². The van der Waals surface area contributed by atoms with Crippen molar-refractivity contribution in [2.24, 2.45) is 5.73 Å². The van der Waals surface area contributed by atoms with E-state index in [2.05, 4.69) is 31.3 Å². The van der Waals surface area contributed by atoms with Crippen molar-refractivity contribution in [3.63, 3.8) is 0 Å². The molecular weight excluding hydrogens is 260 g/mol. The molecule has 0 heterocycles. The van der Waals surface area contributed by atoms with Crippen molar-refractivity contribution in [3.8, 4) is 0 Å². The molecule has 0 spiro atoms. The highest BCUT2D eigenvalue weighted by molar-refractivity contribution is 5.85. The lowest BCUT2D eigenvalue weighted by Gasteiger charge is -2.20. The molecule has 3 N–H and O–H groups in total. The number of aryl methyl sites for hydroxylation is 1. The Balaban J connectivity index is 0.00000324. The summed E-state index contributed by atoms with van der Waals surface area (Å²) in [6.07, 6.45) is 1.65. The van der Waals surface area contributed by atoms with Crippen molar-refractivity contribution in [2.45, 2.75) is 52.6 Å². The number of hydrogen-bond donors (Lipinski definition) is 2. The molecule has 2 unspecified atom stereocenters. The Morgan fingerprint density at radius 3 is 2.58 bits per heavy atom. The maximum absolute atomic E-state index is 11.9. The second-order valence-electron chi connectivity index (χ2n) is 4.91. The van der Waals surface area contributed by atoms with Gasteiger partial charge in [0, 0.05) is 0 Å². The van der Waals surface area contributed by atoms with Crippen LogP contribution in [0.25, 0.3) is 0 Å². The average molecular weight is 285 g/mol. The summed E-state index contributed by atoms with van der Waals surface area (Å²) in [5.74, 6) is -0.0646. The zero-order valence-electron chi connectivity index (χ0n) is 12.2. The summed E-state index contributed by atoms with van der Waals surface area (Å²) in [6.45, 7) is 8.19. The number of nitrogens with two attached hydrogens (primary N) is 1. The van der Waals surface area contributed by atoms with E-state index in [0.717, 1.165) is 18.4 Å². The van der Waals surface area contributed by atoms with Gasteiger partial charge in [-0.05, 0) is 43.9 Å². The van der Waals surface area contributed by atoms with E-state index in [1.807, 2.05) is 19.9 Å². The Morgan fingerprint density at radius 1 is 1.37 bits per heavy atom. The first-order chi connectivity index (χ1) is 8.47. The van der Waals surface area contributed by atoms with E-state index in [4.69, 9.17) is 5.73 Å².